The average molecular weight is 949 g/mol. The Balaban J connectivity index is 1.24. The zero-order valence-corrected chi connectivity index (χ0v) is 46.1. The summed E-state index contributed by atoms with van der Waals surface area (Å²) in [6.45, 7) is 36.2. The number of hydrogen-bond donors (Lipinski definition) is 0. The summed E-state index contributed by atoms with van der Waals surface area (Å²) in [4.78, 5) is 5.44. The number of thiophene rings is 1. The molecule has 2 aliphatic carbocycles. The molecule has 2 aliphatic heterocycles. The van der Waals surface area contributed by atoms with Crippen LogP contribution in [-0.2, 0) is 32.5 Å². The van der Waals surface area contributed by atoms with E-state index in [2.05, 4.69) is 235 Å². The summed E-state index contributed by atoms with van der Waals surface area (Å²) in [6.07, 6.45) is 4.72. The van der Waals surface area contributed by atoms with Crippen molar-refractivity contribution < 1.29 is 0 Å². The Hall–Kier alpha value is -5.58. The van der Waals surface area contributed by atoms with E-state index in [1.807, 2.05) is 11.3 Å². The van der Waals surface area contributed by atoms with Gasteiger partial charge in [0.05, 0.1) is 11.4 Å². The fourth-order valence-corrected chi connectivity index (χ4v) is 14.4. The lowest BCUT2D eigenvalue weighted by atomic mass is 9.33. The first-order chi connectivity index (χ1) is 33.3. The van der Waals surface area contributed by atoms with Crippen molar-refractivity contribution in [3.63, 3.8) is 0 Å². The number of benzene rings is 7. The van der Waals surface area contributed by atoms with Crippen molar-refractivity contribution in [1.29, 1.82) is 0 Å². The fourth-order valence-electron chi connectivity index (χ4n) is 13.3. The van der Waals surface area contributed by atoms with Gasteiger partial charge in [-0.1, -0.05) is 164 Å². The van der Waals surface area contributed by atoms with E-state index < -0.39 is 0 Å². The van der Waals surface area contributed by atoms with E-state index in [-0.39, 0.29) is 39.2 Å². The van der Waals surface area contributed by atoms with Gasteiger partial charge in [0.15, 0.2) is 0 Å². The van der Waals surface area contributed by atoms with Crippen LogP contribution in [0.25, 0.3) is 31.3 Å². The second kappa shape index (κ2) is 15.2. The monoisotopic (exact) mass is 949 g/mol. The number of fused-ring (bicyclic) bond motifs is 10. The van der Waals surface area contributed by atoms with Gasteiger partial charge >= 0.3 is 0 Å². The number of nitrogens with zero attached hydrogens (tertiary/aromatic N) is 2. The number of hydrogen-bond acceptors (Lipinski definition) is 3. The molecule has 12 rings (SSSR count). The molecule has 2 nitrogen and oxygen atoms in total. The van der Waals surface area contributed by atoms with Crippen molar-refractivity contribution in [2.45, 2.75) is 162 Å². The highest BCUT2D eigenvalue weighted by Gasteiger charge is 2.48. The third-order valence-electron chi connectivity index (χ3n) is 17.9. The third-order valence-corrected chi connectivity index (χ3v) is 19.0. The Bertz CT molecular complexity index is 3530. The molecule has 1 aromatic heterocycles. The molecule has 0 N–H and O–H groups in total. The first kappa shape index (κ1) is 46.5. The van der Waals surface area contributed by atoms with Gasteiger partial charge in [-0.05, 0) is 181 Å². The molecular weight excluding hydrogens is 876 g/mol. The zero-order valence-electron chi connectivity index (χ0n) is 45.3. The smallest absolute Gasteiger partial charge is 0.252 e. The second-order valence-corrected chi connectivity index (χ2v) is 27.9. The maximum Gasteiger partial charge on any atom is 0.252 e. The van der Waals surface area contributed by atoms with Crippen LogP contribution in [0.5, 0.6) is 0 Å². The molecule has 0 atom stereocenters. The van der Waals surface area contributed by atoms with E-state index >= 15 is 0 Å². The van der Waals surface area contributed by atoms with Crippen LogP contribution in [0.1, 0.15) is 162 Å². The Morgan fingerprint density at radius 2 is 1.06 bits per heavy atom. The molecular formula is C67H73BN2S. The Morgan fingerprint density at radius 3 is 1.70 bits per heavy atom. The Morgan fingerprint density at radius 1 is 0.479 bits per heavy atom. The molecule has 4 aliphatic rings. The molecule has 0 unspecified atom stereocenters. The van der Waals surface area contributed by atoms with Crippen LogP contribution in [0.3, 0.4) is 0 Å². The van der Waals surface area contributed by atoms with Gasteiger partial charge in [0.1, 0.15) is 0 Å². The number of anilines is 6. The molecule has 0 fully saturated rings. The zero-order chi connectivity index (χ0) is 50.1. The molecule has 0 spiro atoms. The lowest BCUT2D eigenvalue weighted by Crippen LogP contribution is -2.62. The second-order valence-electron chi connectivity index (χ2n) is 26.8. The molecule has 0 radical (unpaired) electrons. The largest absolute Gasteiger partial charge is 0.311 e. The van der Waals surface area contributed by atoms with Crippen LogP contribution in [-0.4, -0.2) is 6.71 Å². The molecule has 4 heteroatoms. The van der Waals surface area contributed by atoms with E-state index in [0.29, 0.717) is 0 Å². The highest BCUT2D eigenvalue weighted by atomic mass is 32.1. The molecule has 360 valence electrons. The van der Waals surface area contributed by atoms with Gasteiger partial charge < -0.3 is 9.80 Å². The van der Waals surface area contributed by atoms with Crippen molar-refractivity contribution in [1.82, 2.24) is 0 Å². The van der Waals surface area contributed by atoms with Crippen molar-refractivity contribution in [3.05, 3.63) is 160 Å². The first-order valence-electron chi connectivity index (χ1n) is 26.6. The lowest BCUT2D eigenvalue weighted by Gasteiger charge is -2.48. The lowest BCUT2D eigenvalue weighted by molar-refractivity contribution is 0.332. The minimum absolute atomic E-state index is 0.0134. The van der Waals surface area contributed by atoms with Crippen LogP contribution in [0.2, 0.25) is 0 Å². The molecule has 0 saturated carbocycles. The van der Waals surface area contributed by atoms with E-state index in [0.717, 1.165) is 0 Å². The highest BCUT2D eigenvalue weighted by Crippen LogP contribution is 2.55. The van der Waals surface area contributed by atoms with E-state index in [9.17, 15) is 0 Å². The molecule has 7 aromatic carbocycles. The van der Waals surface area contributed by atoms with Gasteiger partial charge in [0, 0.05) is 48.5 Å². The first-order valence-corrected chi connectivity index (χ1v) is 27.4. The van der Waals surface area contributed by atoms with Crippen molar-refractivity contribution in [2.24, 2.45) is 0 Å². The quantitative estimate of drug-likeness (QED) is 0.163. The van der Waals surface area contributed by atoms with Crippen molar-refractivity contribution in [2.75, 3.05) is 9.80 Å². The van der Waals surface area contributed by atoms with Gasteiger partial charge in [0.25, 0.3) is 6.71 Å². The van der Waals surface area contributed by atoms with E-state index in [4.69, 9.17) is 0 Å². The molecule has 8 aromatic rings. The SMILES string of the molecule is Cc1cc2c3c(c1)N(c1ccc(C(C)(C)C)cc1-c1ccccc1)c1c(ccc4sc5cc(C(C)(C)C)ccc5c14)B3c1cc3c(cc1N2c1ccc2c(c1)C(C)(C)CCC2(C)C)C(C)(C)CCC3(C)C. The normalized spacial score (nSPS) is 18.2. The van der Waals surface area contributed by atoms with Crippen LogP contribution in [0.15, 0.2) is 121 Å². The molecule has 3 heterocycles. The highest BCUT2D eigenvalue weighted by molar-refractivity contribution is 7.26. The fraction of sp³-hybridized carbons (Fsp3) is 0.373. The number of aryl methyl sites for hydroxylation is 1. The maximum atomic E-state index is 2.73. The predicted molar refractivity (Wildman–Crippen MR) is 311 cm³/mol. The van der Waals surface area contributed by atoms with Gasteiger partial charge in [-0.3, -0.25) is 0 Å². The van der Waals surface area contributed by atoms with Crippen LogP contribution < -0.4 is 26.2 Å². The molecule has 71 heavy (non-hydrogen) atoms. The minimum Gasteiger partial charge on any atom is -0.311 e. The summed E-state index contributed by atoms with van der Waals surface area (Å²) in [6, 6.07) is 48.9. The van der Waals surface area contributed by atoms with Gasteiger partial charge in [-0.2, -0.15) is 0 Å². The Kier molecular flexibility index (Phi) is 9.98. The topological polar surface area (TPSA) is 6.48 Å². The third kappa shape index (κ3) is 7.07. The van der Waals surface area contributed by atoms with Crippen molar-refractivity contribution in [3.8, 4) is 11.1 Å². The average Bonchev–Trinajstić information content (AvgIpc) is 3.69. The van der Waals surface area contributed by atoms with Gasteiger partial charge in [0.2, 0.25) is 0 Å². The molecule has 0 saturated heterocycles. The summed E-state index contributed by atoms with van der Waals surface area (Å²) in [7, 11) is 0. The maximum absolute atomic E-state index is 2.73. The minimum atomic E-state index is -0.0264. The van der Waals surface area contributed by atoms with Gasteiger partial charge in [-0.25, -0.2) is 0 Å². The van der Waals surface area contributed by atoms with Crippen molar-refractivity contribution >= 4 is 88.7 Å². The van der Waals surface area contributed by atoms with Crippen LogP contribution in [0, 0.1) is 6.92 Å². The molecule has 0 bridgehead atoms. The molecule has 0 amide bonds. The van der Waals surface area contributed by atoms with Gasteiger partial charge in [-0.15, -0.1) is 11.3 Å². The van der Waals surface area contributed by atoms with Crippen LogP contribution >= 0.6 is 11.3 Å². The van der Waals surface area contributed by atoms with E-state index in [1.54, 1.807) is 0 Å². The summed E-state index contributed by atoms with van der Waals surface area (Å²) < 4.78 is 2.69. The number of rotatable bonds is 3. The van der Waals surface area contributed by atoms with E-state index in [1.165, 1.54) is 146 Å². The predicted octanol–water partition coefficient (Wildman–Crippen LogP) is 17.4. The summed E-state index contributed by atoms with van der Waals surface area (Å²) >= 11 is 1.96. The summed E-state index contributed by atoms with van der Waals surface area (Å²) in [5.41, 5.74) is 24.7. The van der Waals surface area contributed by atoms with Crippen LogP contribution in [0.4, 0.5) is 34.1 Å². The summed E-state index contributed by atoms with van der Waals surface area (Å²) in [5.74, 6) is 0. The Labute approximate surface area is 429 Å². The standard InChI is InChI=1S/C67H73BN2S/c1-40-33-55-60-56(34-40)70(53-27-22-42(62(2,3)4)35-46(53)41-19-17-16-18-20-41)61-51(26-28-57-59(61)45-24-21-43(63(5,6)7)36-58(45)71-57)68(60)52-38-49-50(67(14,15)32-31-66(49,12)13)39-54(52)69(55)44-23-25-47-48(37-44)65(10,11)30-29-64(47,8)9/h16-28,33-39H,29-32H2,1-15H3. The summed E-state index contributed by atoms with van der Waals surface area (Å²) in [5, 5.41) is 2.70.